The topological polar surface area (TPSA) is 99.3 Å². The van der Waals surface area contributed by atoms with E-state index >= 15 is 0 Å². The number of amides is 2. The number of nitrogens with one attached hydrogen (secondary N) is 1. The van der Waals surface area contributed by atoms with Crippen LogP contribution in [0, 0.1) is 13.8 Å². The van der Waals surface area contributed by atoms with E-state index in [1.54, 1.807) is 45.2 Å². The summed E-state index contributed by atoms with van der Waals surface area (Å²) in [5, 5.41) is 2.92. The molecule has 0 aliphatic rings. The highest BCUT2D eigenvalue weighted by Gasteiger charge is 2.34. The first kappa shape index (κ1) is 30.1. The van der Waals surface area contributed by atoms with Crippen LogP contribution in [0.2, 0.25) is 0 Å². The van der Waals surface area contributed by atoms with Crippen LogP contribution in [-0.4, -0.2) is 68.8 Å². The Balaban J connectivity index is 2.54. The zero-order valence-corrected chi connectivity index (χ0v) is 24.1. The van der Waals surface area contributed by atoms with Gasteiger partial charge in [-0.15, -0.1) is 0 Å². The summed E-state index contributed by atoms with van der Waals surface area (Å²) in [6, 6.07) is 11.8. The van der Waals surface area contributed by atoms with Crippen LogP contribution in [0.5, 0.6) is 5.75 Å². The second-order valence-corrected chi connectivity index (χ2v) is 12.4. The molecule has 0 radical (unpaired) electrons. The molecule has 204 valence electrons. The van der Waals surface area contributed by atoms with E-state index < -0.39 is 34.2 Å². The molecule has 0 unspecified atom stereocenters. The van der Waals surface area contributed by atoms with Gasteiger partial charge in [-0.2, -0.15) is 12.7 Å². The third-order valence-electron chi connectivity index (χ3n) is 5.80. The lowest BCUT2D eigenvalue weighted by molar-refractivity contribution is -0.140. The van der Waals surface area contributed by atoms with Crippen LogP contribution < -0.4 is 14.4 Å². The third kappa shape index (κ3) is 7.93. The maximum atomic E-state index is 13.9. The zero-order chi connectivity index (χ0) is 28.1. The van der Waals surface area contributed by atoms with Crippen LogP contribution in [-0.2, 0) is 26.3 Å². The van der Waals surface area contributed by atoms with Gasteiger partial charge in [0.25, 0.3) is 0 Å². The van der Waals surface area contributed by atoms with E-state index in [2.05, 4.69) is 5.32 Å². The van der Waals surface area contributed by atoms with Gasteiger partial charge in [0.1, 0.15) is 18.3 Å². The van der Waals surface area contributed by atoms with Crippen molar-refractivity contribution in [3.8, 4) is 5.75 Å². The van der Waals surface area contributed by atoms with E-state index in [4.69, 9.17) is 4.74 Å². The lowest BCUT2D eigenvalue weighted by Crippen LogP contribution is -2.55. The summed E-state index contributed by atoms with van der Waals surface area (Å²) in [4.78, 5) is 28.4. The van der Waals surface area contributed by atoms with Crippen molar-refractivity contribution in [2.24, 2.45) is 0 Å². The van der Waals surface area contributed by atoms with E-state index in [0.717, 1.165) is 19.7 Å². The molecule has 2 amide bonds. The molecule has 2 aromatic rings. The SMILES string of the molecule is COc1cccc(CN(C(=O)CN(c2cc(C)ccc2C)S(=O)(=O)N(C)C)[C@@H](C)C(=O)NC(C)(C)C)c1. The minimum atomic E-state index is -4.02. The molecule has 1 N–H and O–H groups in total. The fraction of sp³-hybridized carbons (Fsp3) is 0.481. The van der Waals surface area contributed by atoms with Crippen molar-refractivity contribution < 1.29 is 22.7 Å². The summed E-state index contributed by atoms with van der Waals surface area (Å²) in [5.41, 5.74) is 2.22. The van der Waals surface area contributed by atoms with Crippen molar-refractivity contribution in [2.75, 3.05) is 32.1 Å². The normalized spacial score (nSPS) is 12.7. The maximum absolute atomic E-state index is 13.9. The molecular weight excluding hydrogens is 492 g/mol. The molecule has 0 heterocycles. The Bertz CT molecular complexity index is 1220. The highest BCUT2D eigenvalue weighted by molar-refractivity contribution is 7.90. The van der Waals surface area contributed by atoms with Gasteiger partial charge in [-0.3, -0.25) is 9.59 Å². The number of carbonyl (C=O) groups excluding carboxylic acids is 2. The fourth-order valence-corrected chi connectivity index (χ4v) is 4.83. The molecule has 0 bridgehead atoms. The molecule has 0 spiro atoms. The molecule has 2 rings (SSSR count). The van der Waals surface area contributed by atoms with E-state index in [0.29, 0.717) is 17.0 Å². The molecule has 9 nitrogen and oxygen atoms in total. The Morgan fingerprint density at radius 1 is 1.05 bits per heavy atom. The number of ether oxygens (including phenoxy) is 1. The van der Waals surface area contributed by atoms with Gasteiger partial charge in [-0.25, -0.2) is 4.31 Å². The zero-order valence-electron chi connectivity index (χ0n) is 23.3. The summed E-state index contributed by atoms with van der Waals surface area (Å²) in [6.45, 7) is 10.5. The largest absolute Gasteiger partial charge is 0.497 e. The van der Waals surface area contributed by atoms with Crippen LogP contribution in [0.15, 0.2) is 42.5 Å². The van der Waals surface area contributed by atoms with Crippen LogP contribution in [0.25, 0.3) is 0 Å². The molecule has 0 aromatic heterocycles. The summed E-state index contributed by atoms with van der Waals surface area (Å²) < 4.78 is 34.2. The Morgan fingerprint density at radius 2 is 1.70 bits per heavy atom. The van der Waals surface area contributed by atoms with Gasteiger partial charge in [0.2, 0.25) is 11.8 Å². The number of rotatable bonds is 10. The van der Waals surface area contributed by atoms with Gasteiger partial charge in [-0.1, -0.05) is 24.3 Å². The predicted octanol–water partition coefficient (Wildman–Crippen LogP) is 3.26. The molecule has 0 aliphatic heterocycles. The summed E-state index contributed by atoms with van der Waals surface area (Å²) >= 11 is 0. The van der Waals surface area contributed by atoms with Gasteiger partial charge in [0.05, 0.1) is 12.8 Å². The number of methoxy groups -OCH3 is 1. The molecule has 0 fully saturated rings. The second kappa shape index (κ2) is 12.0. The molecule has 0 saturated heterocycles. The third-order valence-corrected chi connectivity index (χ3v) is 7.61. The molecular formula is C27H40N4O5S. The minimum Gasteiger partial charge on any atom is -0.497 e. The standard InChI is InChI=1S/C27H40N4O5S/c1-19-13-14-20(2)24(15-19)31(37(34,35)29(7)8)18-25(32)30(21(3)26(33)28-27(4,5)6)17-22-11-10-12-23(16-22)36-9/h10-16,21H,17-18H2,1-9H3,(H,28,33)/t21-/m0/s1. The fourth-order valence-electron chi connectivity index (χ4n) is 3.71. The Labute approximate surface area is 221 Å². The van der Waals surface area contributed by atoms with E-state index in [-0.39, 0.29) is 12.5 Å². The summed E-state index contributed by atoms with van der Waals surface area (Å²) in [7, 11) is 0.376. The highest BCUT2D eigenvalue weighted by Crippen LogP contribution is 2.26. The van der Waals surface area contributed by atoms with Crippen molar-refractivity contribution >= 4 is 27.7 Å². The number of hydrogen-bond acceptors (Lipinski definition) is 5. The van der Waals surface area contributed by atoms with Gasteiger partial charge in [0, 0.05) is 26.2 Å². The van der Waals surface area contributed by atoms with Crippen LogP contribution >= 0.6 is 0 Å². The van der Waals surface area contributed by atoms with Gasteiger partial charge in [0.15, 0.2) is 0 Å². The summed E-state index contributed by atoms with van der Waals surface area (Å²) in [5.74, 6) is -0.230. The molecule has 2 aromatic carbocycles. The van der Waals surface area contributed by atoms with E-state index in [1.165, 1.54) is 19.0 Å². The lowest BCUT2D eigenvalue weighted by atomic mass is 10.1. The first-order chi connectivity index (χ1) is 17.1. The Hall–Kier alpha value is -3.11. The lowest BCUT2D eigenvalue weighted by Gasteiger charge is -2.34. The van der Waals surface area contributed by atoms with Crippen molar-refractivity contribution in [2.45, 2.75) is 59.7 Å². The Kier molecular flexibility index (Phi) is 9.73. The number of carbonyl (C=O) groups is 2. The number of aryl methyl sites for hydroxylation is 2. The number of anilines is 1. The average molecular weight is 533 g/mol. The van der Waals surface area contributed by atoms with Crippen molar-refractivity contribution in [1.82, 2.24) is 14.5 Å². The number of benzene rings is 2. The monoisotopic (exact) mass is 532 g/mol. The van der Waals surface area contributed by atoms with Crippen LogP contribution in [0.1, 0.15) is 44.4 Å². The first-order valence-corrected chi connectivity index (χ1v) is 13.5. The van der Waals surface area contributed by atoms with Crippen molar-refractivity contribution in [1.29, 1.82) is 0 Å². The molecule has 10 heteroatoms. The molecule has 37 heavy (non-hydrogen) atoms. The van der Waals surface area contributed by atoms with Crippen LogP contribution in [0.4, 0.5) is 5.69 Å². The van der Waals surface area contributed by atoms with Gasteiger partial charge in [-0.05, 0) is 76.4 Å². The molecule has 0 aliphatic carbocycles. The van der Waals surface area contributed by atoms with E-state index in [9.17, 15) is 18.0 Å². The molecule has 1 atom stereocenters. The number of hydrogen-bond donors (Lipinski definition) is 1. The van der Waals surface area contributed by atoms with E-state index in [1.807, 2.05) is 45.9 Å². The van der Waals surface area contributed by atoms with Crippen LogP contribution in [0.3, 0.4) is 0 Å². The van der Waals surface area contributed by atoms with Crippen molar-refractivity contribution in [3.63, 3.8) is 0 Å². The predicted molar refractivity (Wildman–Crippen MR) is 147 cm³/mol. The van der Waals surface area contributed by atoms with Gasteiger partial charge < -0.3 is 15.0 Å². The van der Waals surface area contributed by atoms with Gasteiger partial charge >= 0.3 is 10.2 Å². The summed E-state index contributed by atoms with van der Waals surface area (Å²) in [6.07, 6.45) is 0. The van der Waals surface area contributed by atoms with Crippen molar-refractivity contribution in [3.05, 3.63) is 59.2 Å². The quantitative estimate of drug-likeness (QED) is 0.506. The highest BCUT2D eigenvalue weighted by atomic mass is 32.2. The second-order valence-electron chi connectivity index (χ2n) is 10.4. The maximum Gasteiger partial charge on any atom is 0.304 e. The molecule has 0 saturated carbocycles. The number of nitrogens with zero attached hydrogens (tertiary/aromatic N) is 3. The Morgan fingerprint density at radius 3 is 2.27 bits per heavy atom. The smallest absolute Gasteiger partial charge is 0.304 e. The average Bonchev–Trinajstić information content (AvgIpc) is 2.80. The first-order valence-electron chi connectivity index (χ1n) is 12.1. The minimum absolute atomic E-state index is 0.0947.